The van der Waals surface area contributed by atoms with Crippen molar-refractivity contribution in [3.8, 4) is 11.1 Å². The van der Waals surface area contributed by atoms with Crippen molar-refractivity contribution in [1.29, 1.82) is 0 Å². The maximum absolute atomic E-state index is 12.9. The van der Waals surface area contributed by atoms with Crippen molar-refractivity contribution in [3.63, 3.8) is 0 Å². The van der Waals surface area contributed by atoms with Crippen LogP contribution in [0.15, 0.2) is 104 Å². The molecule has 2 amide bonds. The molecular weight excluding hydrogens is 707 g/mol. The number of nitrogens with one attached hydrogen (secondary N) is 2. The zero-order valence-corrected chi connectivity index (χ0v) is 29.3. The molecular formula is C34H30Cl2N6O7S. The molecule has 0 aliphatic rings. The number of azo groups is 2. The van der Waals surface area contributed by atoms with E-state index in [9.17, 15) is 27.6 Å². The van der Waals surface area contributed by atoms with Crippen molar-refractivity contribution in [2.45, 2.75) is 44.7 Å². The summed E-state index contributed by atoms with van der Waals surface area (Å²) < 4.78 is 31.6. The fraction of sp³-hybridized carbons (Fsp3) is 0.176. The number of nitrogens with zero attached hydrogens (tertiary/aromatic N) is 4. The molecule has 13 nitrogen and oxygen atoms in total. The van der Waals surface area contributed by atoms with Crippen LogP contribution in [0.4, 0.5) is 22.7 Å². The van der Waals surface area contributed by atoms with Gasteiger partial charge in [-0.2, -0.15) is 28.9 Å². The Morgan fingerprint density at radius 2 is 1.16 bits per heavy atom. The first-order valence-corrected chi connectivity index (χ1v) is 16.9. The Morgan fingerprint density at radius 1 is 0.680 bits per heavy atom. The van der Waals surface area contributed by atoms with E-state index in [2.05, 4.69) is 31.1 Å². The summed E-state index contributed by atoms with van der Waals surface area (Å²) in [7, 11) is -4.42. The molecule has 2 atom stereocenters. The zero-order valence-electron chi connectivity index (χ0n) is 27.0. The number of Topliss-reactive ketones (excluding diaryl/α,β-unsaturated/α-hetero) is 2. The second-order valence-corrected chi connectivity index (χ2v) is 13.3. The van der Waals surface area contributed by atoms with Crippen molar-refractivity contribution >= 4 is 79.5 Å². The van der Waals surface area contributed by atoms with Gasteiger partial charge in [0, 0.05) is 11.4 Å². The molecule has 0 aromatic heterocycles. The number of carbonyl (C=O) groups excluding carboxylic acids is 4. The summed E-state index contributed by atoms with van der Waals surface area (Å²) in [6, 6.07) is 16.8. The van der Waals surface area contributed by atoms with Crippen LogP contribution in [-0.2, 0) is 29.3 Å². The van der Waals surface area contributed by atoms with E-state index in [1.54, 1.807) is 36.4 Å². The molecule has 0 aliphatic carbocycles. The van der Waals surface area contributed by atoms with E-state index in [1.807, 2.05) is 26.0 Å². The Hall–Kier alpha value is -5.15. The molecule has 0 aliphatic heterocycles. The van der Waals surface area contributed by atoms with Gasteiger partial charge in [0.15, 0.2) is 11.6 Å². The zero-order chi connectivity index (χ0) is 36.7. The van der Waals surface area contributed by atoms with E-state index in [0.29, 0.717) is 16.8 Å². The van der Waals surface area contributed by atoms with Gasteiger partial charge < -0.3 is 10.6 Å². The fourth-order valence-electron chi connectivity index (χ4n) is 4.49. The summed E-state index contributed by atoms with van der Waals surface area (Å²) in [4.78, 5) is 49.7. The van der Waals surface area contributed by atoms with Crippen molar-refractivity contribution in [2.24, 2.45) is 20.5 Å². The number of amides is 2. The van der Waals surface area contributed by atoms with Gasteiger partial charge in [0.25, 0.3) is 21.9 Å². The predicted octanol–water partition coefficient (Wildman–Crippen LogP) is 7.88. The van der Waals surface area contributed by atoms with E-state index in [-0.39, 0.29) is 32.0 Å². The molecule has 4 aromatic carbocycles. The monoisotopic (exact) mass is 736 g/mol. The lowest BCUT2D eigenvalue weighted by Gasteiger charge is -2.12. The Balaban J connectivity index is 1.46. The van der Waals surface area contributed by atoms with Gasteiger partial charge in [-0.15, -0.1) is 0 Å². The summed E-state index contributed by atoms with van der Waals surface area (Å²) in [5.74, 6) is -2.57. The van der Waals surface area contributed by atoms with Gasteiger partial charge >= 0.3 is 0 Å². The maximum Gasteiger partial charge on any atom is 0.294 e. The summed E-state index contributed by atoms with van der Waals surface area (Å²) in [5, 5.41) is 21.4. The number of carbonyl (C=O) groups is 4. The normalized spacial score (nSPS) is 12.9. The minimum absolute atomic E-state index is 0.147. The highest BCUT2D eigenvalue weighted by atomic mass is 35.5. The van der Waals surface area contributed by atoms with Crippen LogP contribution in [0.5, 0.6) is 0 Å². The molecule has 50 heavy (non-hydrogen) atoms. The average molecular weight is 738 g/mol. The van der Waals surface area contributed by atoms with Crippen LogP contribution in [-0.4, -0.2) is 48.4 Å². The molecule has 2 unspecified atom stereocenters. The minimum atomic E-state index is -4.42. The van der Waals surface area contributed by atoms with Crippen LogP contribution in [0.25, 0.3) is 11.1 Å². The van der Waals surface area contributed by atoms with E-state index in [1.165, 1.54) is 25.1 Å². The van der Waals surface area contributed by atoms with E-state index >= 15 is 0 Å². The molecule has 0 radical (unpaired) electrons. The maximum atomic E-state index is 12.9. The van der Waals surface area contributed by atoms with Gasteiger partial charge in [0.2, 0.25) is 12.1 Å². The second-order valence-electron chi connectivity index (χ2n) is 11.1. The molecule has 16 heteroatoms. The van der Waals surface area contributed by atoms with E-state index in [0.717, 1.165) is 30.2 Å². The smallest absolute Gasteiger partial charge is 0.294 e. The minimum Gasteiger partial charge on any atom is -0.324 e. The highest BCUT2D eigenvalue weighted by molar-refractivity contribution is 7.85. The lowest BCUT2D eigenvalue weighted by Crippen LogP contribution is -2.32. The molecule has 0 spiro atoms. The Kier molecular flexibility index (Phi) is 12.1. The molecule has 0 bridgehead atoms. The van der Waals surface area contributed by atoms with Crippen molar-refractivity contribution in [3.05, 3.63) is 100 Å². The van der Waals surface area contributed by atoms with Crippen LogP contribution >= 0.6 is 23.2 Å². The summed E-state index contributed by atoms with van der Waals surface area (Å²) in [5.41, 5.74) is 4.23. The number of anilines is 2. The highest BCUT2D eigenvalue weighted by Crippen LogP contribution is 2.35. The molecule has 0 saturated heterocycles. The van der Waals surface area contributed by atoms with Gasteiger partial charge in [0.1, 0.15) is 11.4 Å². The number of rotatable bonds is 12. The average Bonchev–Trinajstić information content (AvgIpc) is 3.03. The van der Waals surface area contributed by atoms with Crippen LogP contribution in [0, 0.1) is 13.8 Å². The number of aryl methyl sites for hydroxylation is 2. The quantitative estimate of drug-likeness (QED) is 0.0746. The van der Waals surface area contributed by atoms with Gasteiger partial charge in [-0.1, -0.05) is 53.0 Å². The van der Waals surface area contributed by atoms with Crippen LogP contribution < -0.4 is 10.6 Å². The third kappa shape index (κ3) is 9.72. The predicted molar refractivity (Wildman–Crippen MR) is 189 cm³/mol. The largest absolute Gasteiger partial charge is 0.324 e. The lowest BCUT2D eigenvalue weighted by atomic mass is 10.0. The van der Waals surface area contributed by atoms with Gasteiger partial charge in [-0.25, -0.2) is 0 Å². The summed E-state index contributed by atoms with van der Waals surface area (Å²) in [6.07, 6.45) is 0. The van der Waals surface area contributed by atoms with Crippen molar-refractivity contribution in [2.75, 3.05) is 10.6 Å². The molecule has 0 fully saturated rings. The SMILES string of the molecule is CC(=O)C(N=Nc1ccc(-c2ccc(N=NC(C(C)=O)C(=O)Nc3ccc(C)cc3C)c(Cl)c2)cc1Cl)C(=O)Nc1ccc(S(=O)(=O)O)cc1. The van der Waals surface area contributed by atoms with Crippen LogP contribution in [0.3, 0.4) is 0 Å². The first kappa shape index (κ1) is 37.7. The van der Waals surface area contributed by atoms with Gasteiger partial charge in [-0.3, -0.25) is 23.7 Å². The number of hydrogen-bond acceptors (Lipinski definition) is 10. The van der Waals surface area contributed by atoms with Crippen LogP contribution in [0.1, 0.15) is 25.0 Å². The molecule has 0 saturated carbocycles. The number of halogens is 2. The molecule has 258 valence electrons. The molecule has 3 N–H and O–H groups in total. The number of hydrogen-bond donors (Lipinski definition) is 3. The Morgan fingerprint density at radius 3 is 1.58 bits per heavy atom. The molecule has 4 aromatic rings. The first-order valence-electron chi connectivity index (χ1n) is 14.7. The number of ketones is 2. The Bertz CT molecular complexity index is 2160. The molecule has 4 rings (SSSR count). The van der Waals surface area contributed by atoms with Crippen molar-refractivity contribution < 1.29 is 32.1 Å². The summed E-state index contributed by atoms with van der Waals surface area (Å²) >= 11 is 12.9. The fourth-order valence-corrected chi connectivity index (χ4v) is 5.40. The van der Waals surface area contributed by atoms with Crippen molar-refractivity contribution in [1.82, 2.24) is 0 Å². The summed E-state index contributed by atoms with van der Waals surface area (Å²) in [6.45, 7) is 6.17. The standard InChI is InChI=1S/C34H30Cl2N6O7S/c1-18-5-12-28(19(2)15-18)38-34(46)32(21(4)44)42-40-30-14-7-23(17-27(30)36)22-6-13-29(26(35)16-22)39-41-31(20(3)43)33(45)37-24-8-10-25(11-9-24)50(47,48)49/h5-17,31-32H,1-4H3,(H,37,45)(H,38,46)(H,47,48,49). The molecule has 0 heterocycles. The van der Waals surface area contributed by atoms with Gasteiger partial charge in [0.05, 0.1) is 14.9 Å². The first-order chi connectivity index (χ1) is 23.5. The topological polar surface area (TPSA) is 196 Å². The second kappa shape index (κ2) is 16.0. The number of benzene rings is 4. The third-order valence-corrected chi connectivity index (χ3v) is 8.59. The van der Waals surface area contributed by atoms with E-state index in [4.69, 9.17) is 27.8 Å². The third-order valence-electron chi connectivity index (χ3n) is 7.12. The highest BCUT2D eigenvalue weighted by Gasteiger charge is 2.25. The van der Waals surface area contributed by atoms with Gasteiger partial charge in [-0.05, 0) is 99.0 Å². The van der Waals surface area contributed by atoms with E-state index < -0.39 is 45.6 Å². The Labute approximate surface area is 297 Å². The lowest BCUT2D eigenvalue weighted by molar-refractivity contribution is -0.127. The van der Waals surface area contributed by atoms with Crippen LogP contribution in [0.2, 0.25) is 10.0 Å².